The summed E-state index contributed by atoms with van der Waals surface area (Å²) < 4.78 is -0.272. The summed E-state index contributed by atoms with van der Waals surface area (Å²) in [4.78, 5) is 21.8. The molecule has 0 amide bonds. The van der Waals surface area contributed by atoms with E-state index < -0.39 is 0 Å². The second-order valence-electron chi connectivity index (χ2n) is 2.84. The van der Waals surface area contributed by atoms with E-state index >= 15 is 0 Å². The van der Waals surface area contributed by atoms with E-state index in [4.69, 9.17) is 0 Å². The van der Waals surface area contributed by atoms with Crippen LogP contribution in [0.3, 0.4) is 0 Å². The number of hydrogen-bond donors (Lipinski definition) is 0. The van der Waals surface area contributed by atoms with E-state index in [1.807, 2.05) is 6.92 Å². The van der Waals surface area contributed by atoms with Crippen molar-refractivity contribution >= 4 is 34.2 Å². The monoisotopic (exact) mass is 252 g/mol. The van der Waals surface area contributed by atoms with Gasteiger partial charge in [-0.1, -0.05) is 22.6 Å². The minimum absolute atomic E-state index is 0.0874. The first-order chi connectivity index (χ1) is 4.52. The van der Waals surface area contributed by atoms with Gasteiger partial charge in [0.05, 0.1) is 9.84 Å². The van der Waals surface area contributed by atoms with Crippen LogP contribution < -0.4 is 0 Å². The molecule has 0 heterocycles. The second kappa shape index (κ2) is 2.60. The summed E-state index contributed by atoms with van der Waals surface area (Å²) in [6.07, 6.45) is 1.44. The molecule has 0 bridgehead atoms. The Bertz CT molecular complexity index is 184. The minimum Gasteiger partial charge on any atom is -0.299 e. The van der Waals surface area contributed by atoms with E-state index in [-0.39, 0.29) is 21.4 Å². The topological polar surface area (TPSA) is 34.1 Å². The molecule has 56 valence electrons. The van der Waals surface area contributed by atoms with Crippen LogP contribution in [0, 0.1) is 0 Å². The first-order valence-electron chi connectivity index (χ1n) is 3.26. The Morgan fingerprint density at radius 1 is 1.50 bits per heavy atom. The van der Waals surface area contributed by atoms with Crippen LogP contribution in [-0.4, -0.2) is 15.0 Å². The second-order valence-corrected chi connectivity index (χ2v) is 5.22. The van der Waals surface area contributed by atoms with Crippen LogP contribution >= 0.6 is 22.6 Å². The van der Waals surface area contributed by atoms with Crippen molar-refractivity contribution in [1.29, 1.82) is 0 Å². The van der Waals surface area contributed by atoms with Crippen molar-refractivity contribution in [2.45, 2.75) is 29.6 Å². The predicted molar refractivity (Wildman–Crippen MR) is 46.3 cm³/mol. The number of carbonyl (C=O) groups excluding carboxylic acids is 2. The van der Waals surface area contributed by atoms with Gasteiger partial charge in [-0.15, -0.1) is 0 Å². The zero-order valence-electron chi connectivity index (χ0n) is 5.82. The van der Waals surface area contributed by atoms with Gasteiger partial charge in [0.25, 0.3) is 0 Å². The molecule has 1 unspecified atom stereocenters. The molecule has 1 fully saturated rings. The maximum absolute atomic E-state index is 11.1. The SMILES string of the molecule is CC1(I)CCC(=O)CC1=O. The molecule has 0 aliphatic heterocycles. The summed E-state index contributed by atoms with van der Waals surface area (Å²) in [6, 6.07) is 0. The van der Waals surface area contributed by atoms with Crippen molar-refractivity contribution < 1.29 is 9.59 Å². The average Bonchev–Trinajstić information content (AvgIpc) is 1.81. The Hall–Kier alpha value is 0.0700. The largest absolute Gasteiger partial charge is 0.299 e. The molecule has 1 rings (SSSR count). The molecule has 0 aromatic carbocycles. The average molecular weight is 252 g/mol. The number of alkyl halides is 1. The first-order valence-corrected chi connectivity index (χ1v) is 4.34. The van der Waals surface area contributed by atoms with Crippen LogP contribution in [0.1, 0.15) is 26.2 Å². The minimum atomic E-state index is -0.272. The van der Waals surface area contributed by atoms with Crippen LogP contribution in [-0.2, 0) is 9.59 Å². The molecule has 1 atom stereocenters. The Balaban J connectivity index is 2.70. The zero-order chi connectivity index (χ0) is 7.78. The van der Waals surface area contributed by atoms with Crippen LogP contribution in [0.25, 0.3) is 0 Å². The first kappa shape index (κ1) is 8.17. The lowest BCUT2D eigenvalue weighted by Gasteiger charge is -2.24. The van der Waals surface area contributed by atoms with Gasteiger partial charge in [0.2, 0.25) is 0 Å². The van der Waals surface area contributed by atoms with Gasteiger partial charge in [-0.25, -0.2) is 0 Å². The molecule has 0 N–H and O–H groups in total. The van der Waals surface area contributed by atoms with Gasteiger partial charge >= 0.3 is 0 Å². The summed E-state index contributed by atoms with van der Waals surface area (Å²) in [6.45, 7) is 1.89. The number of Topliss-reactive ketones (excluding diaryl/α,β-unsaturated/α-hetero) is 2. The van der Waals surface area contributed by atoms with Crippen molar-refractivity contribution in [3.05, 3.63) is 0 Å². The lowest BCUT2D eigenvalue weighted by Crippen LogP contribution is -2.35. The van der Waals surface area contributed by atoms with Gasteiger partial charge in [-0.3, -0.25) is 9.59 Å². The fourth-order valence-corrected chi connectivity index (χ4v) is 1.43. The fourth-order valence-electron chi connectivity index (χ4n) is 0.965. The lowest BCUT2D eigenvalue weighted by atomic mass is 9.89. The third-order valence-electron chi connectivity index (χ3n) is 1.81. The van der Waals surface area contributed by atoms with Gasteiger partial charge in [0.1, 0.15) is 5.78 Å². The number of carbonyl (C=O) groups is 2. The van der Waals surface area contributed by atoms with Gasteiger partial charge in [-0.05, 0) is 13.3 Å². The normalized spacial score (nSPS) is 34.6. The van der Waals surface area contributed by atoms with Crippen molar-refractivity contribution in [3.8, 4) is 0 Å². The molecule has 0 saturated heterocycles. The van der Waals surface area contributed by atoms with Crippen molar-refractivity contribution in [3.63, 3.8) is 0 Å². The lowest BCUT2D eigenvalue weighted by molar-refractivity contribution is -0.130. The number of ketones is 2. The highest BCUT2D eigenvalue weighted by Gasteiger charge is 2.35. The Morgan fingerprint density at radius 2 is 2.10 bits per heavy atom. The maximum Gasteiger partial charge on any atom is 0.155 e. The fraction of sp³-hybridized carbons (Fsp3) is 0.714. The molecule has 0 radical (unpaired) electrons. The highest BCUT2D eigenvalue weighted by molar-refractivity contribution is 14.1. The molecule has 1 aliphatic carbocycles. The number of rotatable bonds is 0. The van der Waals surface area contributed by atoms with Crippen molar-refractivity contribution in [2.24, 2.45) is 0 Å². The van der Waals surface area contributed by atoms with Gasteiger partial charge in [0.15, 0.2) is 5.78 Å². The predicted octanol–water partition coefficient (Wildman–Crippen LogP) is 1.50. The molecule has 3 heteroatoms. The summed E-state index contributed by atoms with van der Waals surface area (Å²) in [7, 11) is 0. The maximum atomic E-state index is 11.1. The summed E-state index contributed by atoms with van der Waals surface area (Å²) in [5.41, 5.74) is 0. The molecular weight excluding hydrogens is 243 g/mol. The molecule has 1 aliphatic rings. The van der Waals surface area contributed by atoms with Gasteiger partial charge < -0.3 is 0 Å². The summed E-state index contributed by atoms with van der Waals surface area (Å²) in [5, 5.41) is 0. The molecule has 0 spiro atoms. The van der Waals surface area contributed by atoms with Crippen LogP contribution in [0.5, 0.6) is 0 Å². The van der Waals surface area contributed by atoms with Crippen molar-refractivity contribution in [1.82, 2.24) is 0 Å². The van der Waals surface area contributed by atoms with E-state index in [9.17, 15) is 9.59 Å². The summed E-state index contributed by atoms with van der Waals surface area (Å²) >= 11 is 2.13. The Morgan fingerprint density at radius 3 is 2.50 bits per heavy atom. The van der Waals surface area contributed by atoms with E-state index in [1.165, 1.54) is 0 Å². The Kier molecular flexibility index (Phi) is 2.12. The highest BCUT2D eigenvalue weighted by Crippen LogP contribution is 2.31. The van der Waals surface area contributed by atoms with Crippen LogP contribution in [0.15, 0.2) is 0 Å². The smallest absolute Gasteiger partial charge is 0.155 e. The third-order valence-corrected chi connectivity index (χ3v) is 2.95. The standard InChI is InChI=1S/C7H9IO2/c1-7(8)3-2-5(9)4-6(7)10/h2-4H2,1H3. The Labute approximate surface area is 73.5 Å². The molecule has 10 heavy (non-hydrogen) atoms. The molecule has 2 nitrogen and oxygen atoms in total. The van der Waals surface area contributed by atoms with Gasteiger partial charge in [-0.2, -0.15) is 0 Å². The number of hydrogen-bond acceptors (Lipinski definition) is 2. The van der Waals surface area contributed by atoms with Gasteiger partial charge in [0, 0.05) is 6.42 Å². The van der Waals surface area contributed by atoms with E-state index in [0.717, 1.165) is 0 Å². The molecule has 0 aromatic heterocycles. The molecular formula is C7H9IO2. The van der Waals surface area contributed by atoms with Crippen LogP contribution in [0.4, 0.5) is 0 Å². The number of halogens is 1. The van der Waals surface area contributed by atoms with Crippen molar-refractivity contribution in [2.75, 3.05) is 0 Å². The van der Waals surface area contributed by atoms with E-state index in [2.05, 4.69) is 22.6 Å². The quantitative estimate of drug-likeness (QED) is 0.372. The van der Waals surface area contributed by atoms with E-state index in [1.54, 1.807) is 0 Å². The highest BCUT2D eigenvalue weighted by atomic mass is 127. The van der Waals surface area contributed by atoms with E-state index in [0.29, 0.717) is 12.8 Å². The zero-order valence-corrected chi connectivity index (χ0v) is 7.97. The third kappa shape index (κ3) is 1.56. The molecule has 1 saturated carbocycles. The van der Waals surface area contributed by atoms with Crippen LogP contribution in [0.2, 0.25) is 0 Å². The molecule has 0 aromatic rings. The summed E-state index contributed by atoms with van der Waals surface area (Å²) in [5.74, 6) is 0.184.